The number of esters is 2. The summed E-state index contributed by atoms with van der Waals surface area (Å²) >= 11 is 0. The van der Waals surface area contributed by atoms with Crippen molar-refractivity contribution in [1.82, 2.24) is 0 Å². The molecule has 0 aromatic carbocycles. The normalized spacial score (nSPS) is 56.1. The maximum absolute atomic E-state index is 12.8. The molecule has 0 bridgehead atoms. The molecule has 3 heterocycles. The third kappa shape index (κ3) is 1.70. The third-order valence-corrected chi connectivity index (χ3v) is 7.85. The van der Waals surface area contributed by atoms with Crippen molar-refractivity contribution in [2.24, 2.45) is 22.7 Å². The van der Waals surface area contributed by atoms with Gasteiger partial charge in [-0.3, -0.25) is 4.79 Å². The molecule has 2 aliphatic carbocycles. The third-order valence-electron chi connectivity index (χ3n) is 7.85. The summed E-state index contributed by atoms with van der Waals surface area (Å²) in [4.78, 5) is 25.1. The summed E-state index contributed by atoms with van der Waals surface area (Å²) in [7, 11) is 0. The fourth-order valence-corrected chi connectivity index (χ4v) is 6.36. The number of fused-ring (bicyclic) bond motifs is 2. The van der Waals surface area contributed by atoms with Crippen molar-refractivity contribution in [3.63, 3.8) is 0 Å². The molecule has 5 rings (SSSR count). The van der Waals surface area contributed by atoms with Crippen LogP contribution in [0.2, 0.25) is 0 Å². The van der Waals surface area contributed by atoms with Crippen LogP contribution in [0.5, 0.6) is 0 Å². The molecule has 8 heteroatoms. The largest absolute Gasteiger partial charge is 0.459 e. The Bertz CT molecular complexity index is 778. The molecular weight excluding hydrogens is 356 g/mol. The molecule has 148 valence electrons. The van der Waals surface area contributed by atoms with Crippen molar-refractivity contribution in [1.29, 1.82) is 0 Å². The number of aliphatic hydroxyl groups is 3. The van der Waals surface area contributed by atoms with E-state index in [1.807, 2.05) is 6.92 Å². The lowest BCUT2D eigenvalue weighted by Crippen LogP contribution is -2.67. The second-order valence-electron chi connectivity index (χ2n) is 9.09. The molecule has 5 aliphatic rings. The van der Waals surface area contributed by atoms with Gasteiger partial charge in [-0.05, 0) is 12.5 Å². The molecule has 0 aromatic rings. The summed E-state index contributed by atoms with van der Waals surface area (Å²) < 4.78 is 17.3. The van der Waals surface area contributed by atoms with Gasteiger partial charge in [-0.1, -0.05) is 13.8 Å². The van der Waals surface area contributed by atoms with Crippen molar-refractivity contribution in [3.8, 4) is 0 Å². The first-order chi connectivity index (χ1) is 12.6. The minimum atomic E-state index is -1.18. The molecule has 10 atom stereocenters. The molecular formula is C19H24O8. The molecule has 2 saturated carbocycles. The van der Waals surface area contributed by atoms with Gasteiger partial charge in [0.1, 0.15) is 18.3 Å². The Balaban J connectivity index is 1.73. The Labute approximate surface area is 156 Å². The Morgan fingerprint density at radius 3 is 2.52 bits per heavy atom. The number of rotatable bonds is 2. The van der Waals surface area contributed by atoms with Crippen LogP contribution in [-0.4, -0.2) is 70.0 Å². The quantitative estimate of drug-likeness (QED) is 0.424. The second-order valence-corrected chi connectivity index (χ2v) is 9.09. The van der Waals surface area contributed by atoms with Gasteiger partial charge >= 0.3 is 11.9 Å². The Morgan fingerprint density at radius 1 is 1.19 bits per heavy atom. The van der Waals surface area contributed by atoms with E-state index in [2.05, 4.69) is 0 Å². The van der Waals surface area contributed by atoms with Gasteiger partial charge in [0.2, 0.25) is 0 Å². The highest BCUT2D eigenvalue weighted by Crippen LogP contribution is 2.72. The fourth-order valence-electron chi connectivity index (χ4n) is 6.36. The topological polar surface area (TPSA) is 126 Å². The van der Waals surface area contributed by atoms with Crippen LogP contribution in [0.3, 0.4) is 0 Å². The number of ether oxygens (including phenoxy) is 3. The van der Waals surface area contributed by atoms with Gasteiger partial charge < -0.3 is 29.5 Å². The lowest BCUT2D eigenvalue weighted by Gasteiger charge is -2.57. The van der Waals surface area contributed by atoms with Crippen molar-refractivity contribution >= 4 is 11.9 Å². The van der Waals surface area contributed by atoms with E-state index in [-0.39, 0.29) is 13.0 Å². The number of hydrogen-bond donors (Lipinski definition) is 3. The lowest BCUT2D eigenvalue weighted by molar-refractivity contribution is -0.171. The number of carbonyl (C=O) groups excluding carboxylic acids is 2. The predicted octanol–water partition coefficient (Wildman–Crippen LogP) is -0.702. The molecule has 0 aromatic heterocycles. The van der Waals surface area contributed by atoms with E-state index >= 15 is 0 Å². The summed E-state index contributed by atoms with van der Waals surface area (Å²) in [5.41, 5.74) is -2.60. The van der Waals surface area contributed by atoms with Crippen LogP contribution in [0.4, 0.5) is 0 Å². The van der Waals surface area contributed by atoms with Crippen molar-refractivity contribution in [3.05, 3.63) is 11.6 Å². The van der Waals surface area contributed by atoms with Crippen molar-refractivity contribution < 1.29 is 39.1 Å². The summed E-state index contributed by atoms with van der Waals surface area (Å²) in [6.07, 6.45) is -2.58. The highest BCUT2D eigenvalue weighted by molar-refractivity contribution is 5.87. The Morgan fingerprint density at radius 2 is 1.85 bits per heavy atom. The number of carbonyl (C=O) groups is 2. The SMILES string of the molecule is CC(CO)C1OC(=O)C=C2C3(C)C(O)CC(O)C4(C)C(=O)OC(C43)C3OC213. The van der Waals surface area contributed by atoms with Crippen LogP contribution in [0.25, 0.3) is 0 Å². The fraction of sp³-hybridized carbons (Fsp3) is 0.789. The van der Waals surface area contributed by atoms with Gasteiger partial charge in [0.05, 0.1) is 17.6 Å². The zero-order valence-corrected chi connectivity index (χ0v) is 15.4. The van der Waals surface area contributed by atoms with Crippen LogP contribution in [0.1, 0.15) is 27.2 Å². The minimum Gasteiger partial charge on any atom is -0.459 e. The van der Waals surface area contributed by atoms with Crippen LogP contribution in [-0.2, 0) is 23.8 Å². The van der Waals surface area contributed by atoms with E-state index in [0.29, 0.717) is 5.57 Å². The van der Waals surface area contributed by atoms with E-state index in [1.165, 1.54) is 6.08 Å². The first kappa shape index (κ1) is 17.6. The van der Waals surface area contributed by atoms with E-state index in [0.717, 1.165) is 0 Å². The van der Waals surface area contributed by atoms with Gasteiger partial charge in [0, 0.05) is 36.4 Å². The number of aliphatic hydroxyl groups excluding tert-OH is 3. The van der Waals surface area contributed by atoms with Crippen molar-refractivity contribution in [2.45, 2.75) is 63.3 Å². The number of hydrogen-bond acceptors (Lipinski definition) is 8. The van der Waals surface area contributed by atoms with E-state index < -0.39 is 70.7 Å². The lowest BCUT2D eigenvalue weighted by atomic mass is 9.45. The van der Waals surface area contributed by atoms with Gasteiger partial charge in [-0.25, -0.2) is 4.79 Å². The average Bonchev–Trinajstić information content (AvgIpc) is 3.28. The zero-order chi connectivity index (χ0) is 19.5. The molecule has 10 unspecified atom stereocenters. The van der Waals surface area contributed by atoms with Crippen LogP contribution >= 0.6 is 0 Å². The molecule has 3 aliphatic heterocycles. The highest BCUT2D eigenvalue weighted by Gasteiger charge is 2.85. The summed E-state index contributed by atoms with van der Waals surface area (Å²) in [6.45, 7) is 5.03. The maximum Gasteiger partial charge on any atom is 0.331 e. The van der Waals surface area contributed by atoms with Gasteiger partial charge in [-0.2, -0.15) is 0 Å². The van der Waals surface area contributed by atoms with Gasteiger partial charge in [-0.15, -0.1) is 0 Å². The van der Waals surface area contributed by atoms with Crippen LogP contribution in [0, 0.1) is 22.7 Å². The van der Waals surface area contributed by atoms with Gasteiger partial charge in [0.25, 0.3) is 0 Å². The molecule has 8 nitrogen and oxygen atoms in total. The molecule has 2 saturated heterocycles. The van der Waals surface area contributed by atoms with Crippen LogP contribution in [0.15, 0.2) is 11.6 Å². The summed E-state index contributed by atoms with van der Waals surface area (Å²) in [5.74, 6) is -1.98. The summed E-state index contributed by atoms with van der Waals surface area (Å²) in [5, 5.41) is 31.3. The molecule has 4 fully saturated rings. The van der Waals surface area contributed by atoms with E-state index in [4.69, 9.17) is 14.2 Å². The smallest absolute Gasteiger partial charge is 0.331 e. The summed E-state index contributed by atoms with van der Waals surface area (Å²) in [6, 6.07) is 0. The first-order valence-electron chi connectivity index (χ1n) is 9.42. The second kappa shape index (κ2) is 4.92. The molecule has 27 heavy (non-hydrogen) atoms. The average molecular weight is 380 g/mol. The Kier molecular flexibility index (Phi) is 3.21. The van der Waals surface area contributed by atoms with Gasteiger partial charge in [0.15, 0.2) is 5.60 Å². The molecule has 0 radical (unpaired) electrons. The maximum atomic E-state index is 12.8. The number of cyclic esters (lactones) is 1. The predicted molar refractivity (Wildman–Crippen MR) is 88.0 cm³/mol. The van der Waals surface area contributed by atoms with Crippen LogP contribution < -0.4 is 0 Å². The standard InChI is InChI=1S/C19H24O8/c1-7(6-20)14-19-8(4-11(23)25-14)17(2)9(21)5-10(22)18(3)13(17)12(15(19)27-19)26-16(18)24/h4,7,9-10,12-15,20-22H,5-6H2,1-3H3. The highest BCUT2D eigenvalue weighted by atomic mass is 16.7. The number of epoxide rings is 1. The molecule has 0 amide bonds. The minimum absolute atomic E-state index is 0.00131. The van der Waals surface area contributed by atoms with E-state index in [9.17, 15) is 24.9 Å². The monoisotopic (exact) mass is 380 g/mol. The van der Waals surface area contributed by atoms with E-state index in [1.54, 1.807) is 13.8 Å². The Hall–Kier alpha value is -1.48. The molecule has 1 spiro atoms. The first-order valence-corrected chi connectivity index (χ1v) is 9.42. The zero-order valence-electron chi connectivity index (χ0n) is 15.4. The molecule has 3 N–H and O–H groups in total. The van der Waals surface area contributed by atoms with Crippen molar-refractivity contribution in [2.75, 3.05) is 6.61 Å².